The van der Waals surface area contributed by atoms with Crippen molar-refractivity contribution >= 4 is 37.6 Å². The quantitative estimate of drug-likeness (QED) is 0.285. The predicted molar refractivity (Wildman–Crippen MR) is 143 cm³/mol. The van der Waals surface area contributed by atoms with Gasteiger partial charge in [-0.25, -0.2) is 4.79 Å². The van der Waals surface area contributed by atoms with Crippen LogP contribution in [0, 0.1) is 0 Å². The lowest BCUT2D eigenvalue weighted by Crippen LogP contribution is -2.50. The van der Waals surface area contributed by atoms with Crippen LogP contribution in [0.1, 0.15) is 61.1 Å². The Labute approximate surface area is 218 Å². The Bertz CT molecular complexity index is 1150. The van der Waals surface area contributed by atoms with E-state index in [4.69, 9.17) is 13.9 Å². The number of benzene rings is 1. The number of para-hydroxylation sites is 1. The molecule has 36 heavy (non-hydrogen) atoms. The van der Waals surface area contributed by atoms with E-state index in [-0.39, 0.29) is 5.97 Å². The van der Waals surface area contributed by atoms with Gasteiger partial charge in [0.2, 0.25) is 0 Å². The second kappa shape index (κ2) is 10.7. The highest BCUT2D eigenvalue weighted by molar-refractivity contribution is 7.99. The van der Waals surface area contributed by atoms with Gasteiger partial charge in [0.1, 0.15) is 18.4 Å². The fraction of sp³-hybridized carbons (Fsp3) is 0.577. The minimum Gasteiger partial charge on any atom is -0.460 e. The van der Waals surface area contributed by atoms with Gasteiger partial charge in [-0.3, -0.25) is 9.36 Å². The first kappa shape index (κ1) is 26.9. The van der Waals surface area contributed by atoms with Crippen LogP contribution in [0.5, 0.6) is 0 Å². The monoisotopic (exact) mass is 531 g/mol. The first-order chi connectivity index (χ1) is 17.0. The van der Waals surface area contributed by atoms with Gasteiger partial charge in [-0.15, -0.1) is 0 Å². The van der Waals surface area contributed by atoms with E-state index in [2.05, 4.69) is 51.8 Å². The first-order valence-electron chi connectivity index (χ1n) is 12.7. The van der Waals surface area contributed by atoms with E-state index in [1.54, 1.807) is 18.0 Å². The molecule has 0 saturated carbocycles. The molecule has 1 fully saturated rings. The third kappa shape index (κ3) is 5.14. The summed E-state index contributed by atoms with van der Waals surface area (Å²) in [6, 6.07) is 7.90. The highest BCUT2D eigenvalue weighted by Gasteiger charge is 2.47. The van der Waals surface area contributed by atoms with E-state index in [9.17, 15) is 9.59 Å². The molecule has 0 unspecified atom stereocenters. The molecule has 4 rings (SSSR count). The van der Waals surface area contributed by atoms with Gasteiger partial charge in [-0.2, -0.15) is 4.98 Å². The molecule has 3 heterocycles. The van der Waals surface area contributed by atoms with Crippen molar-refractivity contribution in [2.45, 2.75) is 99.7 Å². The molecule has 0 aliphatic carbocycles. The molecular weight excluding hydrogens is 494 g/mol. The van der Waals surface area contributed by atoms with Crippen molar-refractivity contribution in [3.05, 3.63) is 40.9 Å². The van der Waals surface area contributed by atoms with E-state index >= 15 is 0 Å². The van der Waals surface area contributed by atoms with Crippen LogP contribution in [-0.2, 0) is 18.7 Å². The first-order valence-corrected chi connectivity index (χ1v) is 15.6. The molecule has 0 radical (unpaired) electrons. The van der Waals surface area contributed by atoms with E-state index < -0.39 is 32.4 Å². The molecule has 0 amide bonds. The van der Waals surface area contributed by atoms with Crippen LogP contribution in [0.25, 0.3) is 0 Å². The van der Waals surface area contributed by atoms with Crippen LogP contribution in [-0.4, -0.2) is 42.7 Å². The smallest absolute Gasteiger partial charge is 0.351 e. The highest BCUT2D eigenvalue weighted by Crippen LogP contribution is 2.44. The number of anilines is 2. The number of carbonyl (C=O) groups excluding carboxylic acids is 1. The summed E-state index contributed by atoms with van der Waals surface area (Å²) in [5.41, 5.74) is 1.77. The summed E-state index contributed by atoms with van der Waals surface area (Å²) in [6.45, 7) is 15.1. The van der Waals surface area contributed by atoms with Crippen LogP contribution in [0.4, 0.5) is 11.5 Å². The van der Waals surface area contributed by atoms with E-state index in [1.807, 2.05) is 24.3 Å². The second-order valence-corrected chi connectivity index (χ2v) is 17.1. The minimum atomic E-state index is -2.14. The number of fused-ring (bicyclic) bond motifs is 2. The van der Waals surface area contributed by atoms with Gasteiger partial charge >= 0.3 is 11.7 Å². The van der Waals surface area contributed by atoms with Gasteiger partial charge in [-0.05, 0) is 28.8 Å². The molecule has 196 valence electrons. The summed E-state index contributed by atoms with van der Waals surface area (Å²) >= 11 is 1.55. The number of nitrogens with one attached hydrogen (secondary N) is 1. The Kier molecular flexibility index (Phi) is 7.99. The van der Waals surface area contributed by atoms with Crippen LogP contribution < -0.4 is 11.0 Å². The number of hydrogen-bond acceptors (Lipinski definition) is 8. The summed E-state index contributed by atoms with van der Waals surface area (Å²) in [6.07, 6.45) is 0.588. The largest absolute Gasteiger partial charge is 0.460 e. The van der Waals surface area contributed by atoms with Crippen LogP contribution in [0.2, 0.25) is 16.6 Å². The standard InChI is InChI=1S/C26H37N3O5SSi/c1-15(2)36(16(3)4,17(5)6)32-14-21-20(33-18(7)30)12-24(34-21)29-13-23-25(28-26(29)31)27-19-10-8-9-11-22(19)35-23/h8-11,13,15-17,20-21,24H,12,14H2,1-7H3,(H,27,28,31)/t20-,21+,24-/m0/s1. The van der Waals surface area contributed by atoms with Gasteiger partial charge in [0.15, 0.2) is 14.1 Å². The summed E-state index contributed by atoms with van der Waals surface area (Å²) in [5, 5.41) is 3.24. The Morgan fingerprint density at radius 2 is 1.83 bits per heavy atom. The Morgan fingerprint density at radius 1 is 1.17 bits per heavy atom. The zero-order valence-corrected chi connectivity index (χ0v) is 23.9. The number of nitrogens with zero attached hydrogens (tertiary/aromatic N) is 2. The molecule has 2 aromatic rings. The summed E-state index contributed by atoms with van der Waals surface area (Å²) in [7, 11) is -2.14. The molecule has 2 aliphatic heterocycles. The highest BCUT2D eigenvalue weighted by atomic mass is 32.2. The van der Waals surface area contributed by atoms with E-state index in [0.717, 1.165) is 15.5 Å². The number of rotatable bonds is 8. The average molecular weight is 532 g/mol. The summed E-state index contributed by atoms with van der Waals surface area (Å²) < 4.78 is 20.3. The molecule has 0 spiro atoms. The Morgan fingerprint density at radius 3 is 2.47 bits per heavy atom. The maximum atomic E-state index is 13.0. The number of ether oxygens (including phenoxy) is 2. The number of carbonyl (C=O) groups is 1. The molecule has 0 bridgehead atoms. The average Bonchev–Trinajstić information content (AvgIpc) is 3.18. The van der Waals surface area contributed by atoms with Crippen molar-refractivity contribution in [1.29, 1.82) is 0 Å². The van der Waals surface area contributed by atoms with Gasteiger partial charge in [0.25, 0.3) is 0 Å². The lowest BCUT2D eigenvalue weighted by atomic mass is 10.2. The van der Waals surface area contributed by atoms with Crippen molar-refractivity contribution in [2.75, 3.05) is 11.9 Å². The van der Waals surface area contributed by atoms with Gasteiger partial charge in [0.05, 0.1) is 17.2 Å². The van der Waals surface area contributed by atoms with Gasteiger partial charge in [-0.1, -0.05) is 65.4 Å². The van der Waals surface area contributed by atoms with Crippen molar-refractivity contribution in [3.63, 3.8) is 0 Å². The summed E-state index contributed by atoms with van der Waals surface area (Å²) in [5.74, 6) is 0.164. The Hall–Kier alpha value is -2.14. The topological polar surface area (TPSA) is 91.7 Å². The lowest BCUT2D eigenvalue weighted by Gasteiger charge is -2.42. The third-order valence-electron chi connectivity index (χ3n) is 7.29. The maximum absolute atomic E-state index is 13.0. The van der Waals surface area contributed by atoms with E-state index in [1.165, 1.54) is 11.5 Å². The number of esters is 1. The Balaban J connectivity index is 1.58. The minimum absolute atomic E-state index is 0.325. The molecule has 2 aliphatic rings. The molecule has 3 atom stereocenters. The van der Waals surface area contributed by atoms with Crippen LogP contribution in [0.3, 0.4) is 0 Å². The molecule has 1 aromatic heterocycles. The molecule has 1 aromatic carbocycles. The molecular formula is C26H37N3O5SSi. The summed E-state index contributed by atoms with van der Waals surface area (Å²) in [4.78, 5) is 31.1. The van der Waals surface area contributed by atoms with Crippen LogP contribution >= 0.6 is 11.8 Å². The van der Waals surface area contributed by atoms with Gasteiger partial charge < -0.3 is 19.2 Å². The molecule has 10 heteroatoms. The molecule has 1 N–H and O–H groups in total. The lowest BCUT2D eigenvalue weighted by molar-refractivity contribution is -0.150. The van der Waals surface area contributed by atoms with Crippen molar-refractivity contribution in [1.82, 2.24) is 9.55 Å². The fourth-order valence-electron chi connectivity index (χ4n) is 5.81. The SMILES string of the molecule is CC(=O)O[C@H]1C[C@@H](n2cc3c(nc2=O)Nc2ccccc2S3)O[C@@H]1CO[Si](C(C)C)(C(C)C)C(C)C. The van der Waals surface area contributed by atoms with Crippen molar-refractivity contribution < 1.29 is 18.7 Å². The fourth-order valence-corrected chi connectivity index (χ4v) is 12.2. The van der Waals surface area contributed by atoms with Crippen molar-refractivity contribution in [3.8, 4) is 0 Å². The molecule has 8 nitrogen and oxygen atoms in total. The van der Waals surface area contributed by atoms with Crippen LogP contribution in [0.15, 0.2) is 45.0 Å². The number of aromatic nitrogens is 2. The van der Waals surface area contributed by atoms with E-state index in [0.29, 0.717) is 35.5 Å². The number of hydrogen-bond donors (Lipinski definition) is 1. The predicted octanol–water partition coefficient (Wildman–Crippen LogP) is 5.86. The second-order valence-electron chi connectivity index (χ2n) is 10.5. The maximum Gasteiger partial charge on any atom is 0.351 e. The zero-order chi connectivity index (χ0) is 26.2. The zero-order valence-electron chi connectivity index (χ0n) is 22.1. The third-order valence-corrected chi connectivity index (χ3v) is 14.5. The normalized spacial score (nSPS) is 21.4. The van der Waals surface area contributed by atoms with Crippen molar-refractivity contribution in [2.24, 2.45) is 0 Å². The molecule has 1 saturated heterocycles. The van der Waals surface area contributed by atoms with Gasteiger partial charge in [0, 0.05) is 24.4 Å².